The Morgan fingerprint density at radius 2 is 1.86 bits per heavy atom. The smallest absolute Gasteiger partial charge is 0.416 e. The molecule has 0 fully saturated rings. The van der Waals surface area contributed by atoms with Crippen LogP contribution < -0.4 is 11.1 Å². The number of hydrogen-bond donors (Lipinski definition) is 2. The molecule has 0 saturated heterocycles. The van der Waals surface area contributed by atoms with Crippen LogP contribution in [0.25, 0.3) is 32.7 Å². The van der Waals surface area contributed by atoms with Gasteiger partial charge >= 0.3 is 6.18 Å². The zero-order valence-corrected chi connectivity index (χ0v) is 19.2. The van der Waals surface area contributed by atoms with Crippen LogP contribution in [-0.4, -0.2) is 22.6 Å². The van der Waals surface area contributed by atoms with Gasteiger partial charge in [-0.1, -0.05) is 35.6 Å². The Morgan fingerprint density at radius 1 is 1.03 bits per heavy atom. The average molecular weight is 495 g/mol. The first-order chi connectivity index (χ1) is 16.9. The van der Waals surface area contributed by atoms with E-state index in [0.717, 1.165) is 44.6 Å². The van der Waals surface area contributed by atoms with Gasteiger partial charge in [-0.05, 0) is 59.3 Å². The summed E-state index contributed by atoms with van der Waals surface area (Å²) in [6.07, 6.45) is 1.28. The molecule has 0 unspecified atom stereocenters. The number of furan rings is 1. The quantitative estimate of drug-likeness (QED) is 0.266. The number of nitrogens with zero attached hydrogens (tertiary/aromatic N) is 2. The SMILES string of the molecule is N[C@@H](CNc1nc(-c2ccco2)c(-c2ccc3cnccc3c2)s1)Cc1ccc(C(F)(F)F)cc1. The van der Waals surface area contributed by atoms with Gasteiger partial charge in [-0.3, -0.25) is 4.98 Å². The molecule has 0 aliphatic rings. The summed E-state index contributed by atoms with van der Waals surface area (Å²) in [5, 5.41) is 6.09. The summed E-state index contributed by atoms with van der Waals surface area (Å²) >= 11 is 1.49. The number of pyridine rings is 1. The van der Waals surface area contributed by atoms with Crippen molar-refractivity contribution >= 4 is 27.2 Å². The van der Waals surface area contributed by atoms with Crippen LogP contribution in [0.3, 0.4) is 0 Å². The summed E-state index contributed by atoms with van der Waals surface area (Å²) < 4.78 is 44.0. The van der Waals surface area contributed by atoms with Gasteiger partial charge in [0, 0.05) is 30.4 Å². The molecule has 5 aromatic rings. The third kappa shape index (κ3) is 5.21. The van der Waals surface area contributed by atoms with Gasteiger partial charge in [0.05, 0.1) is 16.7 Å². The number of benzene rings is 2. The molecule has 9 heteroatoms. The molecule has 0 aliphatic heterocycles. The molecule has 2 aromatic carbocycles. The van der Waals surface area contributed by atoms with Crippen molar-refractivity contribution in [2.45, 2.75) is 18.6 Å². The van der Waals surface area contributed by atoms with E-state index in [0.29, 0.717) is 23.9 Å². The Bertz CT molecular complexity index is 1430. The first-order valence-electron chi connectivity index (χ1n) is 10.9. The topological polar surface area (TPSA) is 77.0 Å². The maximum Gasteiger partial charge on any atom is 0.416 e. The highest BCUT2D eigenvalue weighted by Crippen LogP contribution is 2.40. The molecule has 3 heterocycles. The van der Waals surface area contributed by atoms with Gasteiger partial charge in [-0.15, -0.1) is 0 Å². The number of rotatable bonds is 7. The Labute approximate surface area is 203 Å². The monoisotopic (exact) mass is 494 g/mol. The van der Waals surface area contributed by atoms with E-state index in [-0.39, 0.29) is 6.04 Å². The minimum Gasteiger partial charge on any atom is -0.463 e. The number of nitrogens with two attached hydrogens (primary N) is 1. The predicted octanol–water partition coefficient (Wildman–Crippen LogP) is 6.62. The number of anilines is 1. The maximum absolute atomic E-state index is 12.8. The first-order valence-corrected chi connectivity index (χ1v) is 11.7. The summed E-state index contributed by atoms with van der Waals surface area (Å²) in [6, 6.07) is 16.6. The summed E-state index contributed by atoms with van der Waals surface area (Å²) in [5.41, 5.74) is 8.07. The maximum atomic E-state index is 12.8. The Kier molecular flexibility index (Phi) is 6.27. The van der Waals surface area contributed by atoms with Crippen molar-refractivity contribution in [2.24, 2.45) is 5.73 Å². The zero-order valence-electron chi connectivity index (χ0n) is 18.4. The van der Waals surface area contributed by atoms with Crippen LogP contribution in [0.1, 0.15) is 11.1 Å². The average Bonchev–Trinajstić information content (AvgIpc) is 3.52. The molecule has 0 amide bonds. The Balaban J connectivity index is 1.34. The lowest BCUT2D eigenvalue weighted by Gasteiger charge is -2.13. The van der Waals surface area contributed by atoms with Crippen molar-refractivity contribution in [3.63, 3.8) is 0 Å². The van der Waals surface area contributed by atoms with E-state index >= 15 is 0 Å². The van der Waals surface area contributed by atoms with Gasteiger partial charge in [0.2, 0.25) is 0 Å². The molecule has 178 valence electrons. The zero-order chi connectivity index (χ0) is 24.4. The van der Waals surface area contributed by atoms with E-state index < -0.39 is 11.7 Å². The van der Waals surface area contributed by atoms with Crippen LogP contribution in [0.4, 0.5) is 18.3 Å². The summed E-state index contributed by atoms with van der Waals surface area (Å²) in [4.78, 5) is 9.87. The molecule has 35 heavy (non-hydrogen) atoms. The highest BCUT2D eigenvalue weighted by molar-refractivity contribution is 7.19. The molecule has 5 nitrogen and oxygen atoms in total. The number of halogens is 3. The van der Waals surface area contributed by atoms with E-state index in [2.05, 4.69) is 16.4 Å². The van der Waals surface area contributed by atoms with Crippen molar-refractivity contribution in [2.75, 3.05) is 11.9 Å². The molecule has 0 aliphatic carbocycles. The Morgan fingerprint density at radius 3 is 2.60 bits per heavy atom. The van der Waals surface area contributed by atoms with E-state index in [1.165, 1.54) is 23.5 Å². The third-order valence-corrected chi connectivity index (χ3v) is 6.64. The van der Waals surface area contributed by atoms with Crippen LogP contribution in [0.5, 0.6) is 0 Å². The molecule has 3 N–H and O–H groups in total. The molecule has 5 rings (SSSR count). The summed E-state index contributed by atoms with van der Waals surface area (Å²) in [7, 11) is 0. The highest BCUT2D eigenvalue weighted by atomic mass is 32.1. The fourth-order valence-electron chi connectivity index (χ4n) is 3.82. The molecule has 0 spiro atoms. The summed E-state index contributed by atoms with van der Waals surface area (Å²) in [5.74, 6) is 0.660. The van der Waals surface area contributed by atoms with Gasteiger partial charge in [0.15, 0.2) is 10.9 Å². The van der Waals surface area contributed by atoms with Crippen molar-refractivity contribution in [3.05, 3.63) is 90.4 Å². The van der Waals surface area contributed by atoms with Gasteiger partial charge in [-0.2, -0.15) is 13.2 Å². The normalized spacial score (nSPS) is 12.7. The van der Waals surface area contributed by atoms with Crippen LogP contribution in [0, 0.1) is 0 Å². The number of fused-ring (bicyclic) bond motifs is 1. The van der Waals surface area contributed by atoms with E-state index in [9.17, 15) is 13.2 Å². The van der Waals surface area contributed by atoms with Crippen LogP contribution in [-0.2, 0) is 12.6 Å². The van der Waals surface area contributed by atoms with Crippen molar-refractivity contribution in [3.8, 4) is 21.9 Å². The fourth-order valence-corrected chi connectivity index (χ4v) is 4.79. The second-order valence-electron chi connectivity index (χ2n) is 8.15. The lowest BCUT2D eigenvalue weighted by atomic mass is 10.0. The standard InChI is InChI=1S/C26H21F3N4OS/c27-26(28,29)20-7-3-16(4-8-20)12-21(30)15-32-25-33-23(22-2-1-11-34-22)24(35-25)18-5-6-19-14-31-10-9-17(19)13-18/h1-11,13-14,21H,12,15,30H2,(H,32,33)/t21-/m1/s1. The predicted molar refractivity (Wildman–Crippen MR) is 132 cm³/mol. The largest absolute Gasteiger partial charge is 0.463 e. The number of thiazole rings is 1. The molecular formula is C26H21F3N4OS. The van der Waals surface area contributed by atoms with Crippen LogP contribution in [0.15, 0.2) is 83.7 Å². The second kappa shape index (κ2) is 9.52. The molecule has 3 aromatic heterocycles. The van der Waals surface area contributed by atoms with Crippen molar-refractivity contribution in [1.29, 1.82) is 0 Å². The van der Waals surface area contributed by atoms with E-state index in [1.54, 1.807) is 12.5 Å². The highest BCUT2D eigenvalue weighted by Gasteiger charge is 2.30. The second-order valence-corrected chi connectivity index (χ2v) is 9.15. The van der Waals surface area contributed by atoms with E-state index in [4.69, 9.17) is 15.1 Å². The lowest BCUT2D eigenvalue weighted by molar-refractivity contribution is -0.137. The fraction of sp³-hybridized carbons (Fsp3) is 0.154. The number of alkyl halides is 3. The lowest BCUT2D eigenvalue weighted by Crippen LogP contribution is -2.31. The summed E-state index contributed by atoms with van der Waals surface area (Å²) in [6.45, 7) is 0.412. The van der Waals surface area contributed by atoms with Gasteiger partial charge in [0.25, 0.3) is 0 Å². The van der Waals surface area contributed by atoms with Crippen molar-refractivity contribution in [1.82, 2.24) is 9.97 Å². The molecule has 0 saturated carbocycles. The number of aromatic nitrogens is 2. The van der Waals surface area contributed by atoms with E-state index in [1.807, 2.05) is 36.5 Å². The minimum absolute atomic E-state index is 0.306. The Hall–Kier alpha value is -3.69. The number of hydrogen-bond acceptors (Lipinski definition) is 6. The van der Waals surface area contributed by atoms with Crippen molar-refractivity contribution < 1.29 is 17.6 Å². The first kappa shape index (κ1) is 23.1. The number of nitrogens with one attached hydrogen (secondary N) is 1. The molecule has 1 atom stereocenters. The van der Waals surface area contributed by atoms with Gasteiger partial charge in [0.1, 0.15) is 5.69 Å². The van der Waals surface area contributed by atoms with Crippen LogP contribution >= 0.6 is 11.3 Å². The van der Waals surface area contributed by atoms with Crippen LogP contribution in [0.2, 0.25) is 0 Å². The van der Waals surface area contributed by atoms with Gasteiger partial charge in [-0.25, -0.2) is 4.98 Å². The molecule has 0 radical (unpaired) electrons. The van der Waals surface area contributed by atoms with Gasteiger partial charge < -0.3 is 15.5 Å². The minimum atomic E-state index is -4.35. The molecule has 0 bridgehead atoms. The molecular weight excluding hydrogens is 473 g/mol. The third-order valence-electron chi connectivity index (χ3n) is 5.58.